The van der Waals surface area contributed by atoms with Crippen molar-refractivity contribution in [3.8, 4) is 0 Å². The van der Waals surface area contributed by atoms with Crippen LogP contribution >= 0.6 is 0 Å². The first-order valence-corrected chi connectivity index (χ1v) is 9.93. The van der Waals surface area contributed by atoms with Crippen LogP contribution in [0.1, 0.15) is 36.1 Å². The molecule has 0 spiro atoms. The number of hydrogen-bond donors (Lipinski definition) is 1. The van der Waals surface area contributed by atoms with Gasteiger partial charge in [0.15, 0.2) is 0 Å². The lowest BCUT2D eigenvalue weighted by Crippen LogP contribution is -2.33. The molecule has 1 heterocycles. The van der Waals surface area contributed by atoms with E-state index in [1.54, 1.807) is 42.5 Å². The lowest BCUT2D eigenvalue weighted by atomic mass is 10.1. The van der Waals surface area contributed by atoms with Crippen LogP contribution in [0.5, 0.6) is 0 Å². The number of carbonyl (C=O) groups is 1. The second kappa shape index (κ2) is 8.42. The van der Waals surface area contributed by atoms with Crippen molar-refractivity contribution in [1.29, 1.82) is 0 Å². The Hall–Kier alpha value is -2.25. The van der Waals surface area contributed by atoms with Crippen LogP contribution in [-0.4, -0.2) is 37.8 Å². The predicted molar refractivity (Wildman–Crippen MR) is 101 cm³/mol. The Morgan fingerprint density at radius 1 is 1.15 bits per heavy atom. The number of nitrogens with one attached hydrogen (secondary N) is 1. The largest absolute Gasteiger partial charge is 0.339 e. The molecule has 0 aliphatic rings. The molecule has 0 saturated carbocycles. The molecule has 0 bridgehead atoms. The van der Waals surface area contributed by atoms with Gasteiger partial charge >= 0.3 is 0 Å². The minimum atomic E-state index is -3.62. The zero-order valence-corrected chi connectivity index (χ0v) is 16.4. The molecule has 26 heavy (non-hydrogen) atoms. The van der Waals surface area contributed by atoms with Gasteiger partial charge in [0.1, 0.15) is 0 Å². The normalized spacial score (nSPS) is 12.6. The molecular formula is C19H25N3O3S. The predicted octanol–water partition coefficient (Wildman–Crippen LogP) is 2.59. The summed E-state index contributed by atoms with van der Waals surface area (Å²) in [5.74, 6) is -0.128. The first-order valence-electron chi connectivity index (χ1n) is 8.45. The van der Waals surface area contributed by atoms with Crippen LogP contribution in [0.15, 0.2) is 47.6 Å². The summed E-state index contributed by atoms with van der Waals surface area (Å²) >= 11 is 0. The number of pyridine rings is 1. The molecule has 2 rings (SSSR count). The Morgan fingerprint density at radius 3 is 2.42 bits per heavy atom. The van der Waals surface area contributed by atoms with Crippen LogP contribution in [0.2, 0.25) is 0 Å². The van der Waals surface area contributed by atoms with Crippen molar-refractivity contribution in [3.63, 3.8) is 0 Å². The molecule has 6 nitrogen and oxygen atoms in total. The van der Waals surface area contributed by atoms with Gasteiger partial charge in [0.25, 0.3) is 0 Å². The van der Waals surface area contributed by atoms with Gasteiger partial charge in [-0.25, -0.2) is 13.1 Å². The highest BCUT2D eigenvalue weighted by molar-refractivity contribution is 7.89. The van der Waals surface area contributed by atoms with Gasteiger partial charge in [-0.2, -0.15) is 0 Å². The van der Waals surface area contributed by atoms with Crippen LogP contribution in [0, 0.1) is 13.8 Å². The van der Waals surface area contributed by atoms with Gasteiger partial charge in [-0.15, -0.1) is 0 Å². The molecule has 0 radical (unpaired) electrons. The summed E-state index contributed by atoms with van der Waals surface area (Å²) in [5, 5.41) is 0. The Morgan fingerprint density at radius 2 is 1.81 bits per heavy atom. The highest BCUT2D eigenvalue weighted by Gasteiger charge is 2.19. The molecule has 0 fully saturated rings. The van der Waals surface area contributed by atoms with Gasteiger partial charge in [-0.1, -0.05) is 6.07 Å². The van der Waals surface area contributed by atoms with Gasteiger partial charge < -0.3 is 4.90 Å². The molecule has 1 N–H and O–H groups in total. The zero-order chi connectivity index (χ0) is 19.3. The topological polar surface area (TPSA) is 79.4 Å². The van der Waals surface area contributed by atoms with Crippen molar-refractivity contribution in [2.24, 2.45) is 0 Å². The van der Waals surface area contributed by atoms with E-state index in [0.29, 0.717) is 0 Å². The van der Waals surface area contributed by atoms with Crippen molar-refractivity contribution >= 4 is 15.9 Å². The summed E-state index contributed by atoms with van der Waals surface area (Å²) < 4.78 is 27.2. The van der Waals surface area contributed by atoms with E-state index in [9.17, 15) is 13.2 Å². The number of carbonyl (C=O) groups excluding carboxylic acids is 1. The quantitative estimate of drug-likeness (QED) is 0.807. The molecule has 1 aromatic carbocycles. The van der Waals surface area contributed by atoms with Crippen molar-refractivity contribution < 1.29 is 13.2 Å². The van der Waals surface area contributed by atoms with E-state index in [1.165, 1.54) is 0 Å². The average molecular weight is 375 g/mol. The van der Waals surface area contributed by atoms with E-state index in [-0.39, 0.29) is 29.8 Å². The number of aryl methyl sites for hydroxylation is 2. The van der Waals surface area contributed by atoms with Gasteiger partial charge in [-0.3, -0.25) is 9.78 Å². The summed E-state index contributed by atoms with van der Waals surface area (Å²) in [6.45, 7) is 5.78. The standard InChI is InChI=1S/C19H25N3O3S/c1-14-5-6-18(13-15(14)2)26(24,25)21-12-9-19(23)22(4)16(3)17-7-10-20-11-8-17/h5-8,10-11,13,16,21H,9,12H2,1-4H3. The third-order valence-electron chi connectivity index (χ3n) is 4.58. The van der Waals surface area contributed by atoms with Crippen LogP contribution in [0.3, 0.4) is 0 Å². The average Bonchev–Trinajstić information content (AvgIpc) is 2.63. The molecule has 0 saturated heterocycles. The molecule has 1 amide bonds. The third-order valence-corrected chi connectivity index (χ3v) is 6.04. The molecular weight excluding hydrogens is 350 g/mol. The molecule has 1 aromatic heterocycles. The number of rotatable bonds is 7. The monoisotopic (exact) mass is 375 g/mol. The van der Waals surface area contributed by atoms with E-state index in [0.717, 1.165) is 16.7 Å². The maximum Gasteiger partial charge on any atom is 0.240 e. The summed E-state index contributed by atoms with van der Waals surface area (Å²) in [6, 6.07) is 8.59. The minimum Gasteiger partial charge on any atom is -0.339 e. The second-order valence-electron chi connectivity index (χ2n) is 6.36. The Kier molecular flexibility index (Phi) is 6.50. The van der Waals surface area contributed by atoms with Crippen LogP contribution in [0.25, 0.3) is 0 Å². The summed E-state index contributed by atoms with van der Waals surface area (Å²) in [7, 11) is -1.91. The second-order valence-corrected chi connectivity index (χ2v) is 8.12. The molecule has 2 aromatic rings. The smallest absolute Gasteiger partial charge is 0.240 e. The number of amides is 1. The van der Waals surface area contributed by atoms with Crippen molar-refractivity contribution in [2.45, 2.75) is 38.1 Å². The Balaban J connectivity index is 1.93. The molecule has 140 valence electrons. The van der Waals surface area contributed by atoms with Crippen LogP contribution in [-0.2, 0) is 14.8 Å². The van der Waals surface area contributed by atoms with Crippen molar-refractivity contribution in [1.82, 2.24) is 14.6 Å². The SMILES string of the molecule is Cc1ccc(S(=O)(=O)NCCC(=O)N(C)C(C)c2ccncc2)cc1C. The van der Waals surface area contributed by atoms with Gasteiger partial charge in [0.2, 0.25) is 15.9 Å². The fraction of sp³-hybridized carbons (Fsp3) is 0.368. The third kappa shape index (κ3) is 4.89. The number of hydrogen-bond acceptors (Lipinski definition) is 4. The van der Waals surface area contributed by atoms with Gasteiger partial charge in [0.05, 0.1) is 10.9 Å². The zero-order valence-electron chi connectivity index (χ0n) is 15.6. The van der Waals surface area contributed by atoms with Gasteiger partial charge in [-0.05, 0) is 61.7 Å². The summed E-state index contributed by atoms with van der Waals surface area (Å²) in [6.07, 6.45) is 3.46. The van der Waals surface area contributed by atoms with Crippen molar-refractivity contribution in [3.05, 3.63) is 59.4 Å². The Bertz CT molecular complexity index is 867. The molecule has 1 unspecified atom stereocenters. The highest BCUT2D eigenvalue weighted by Crippen LogP contribution is 2.18. The first-order chi connectivity index (χ1) is 12.2. The van der Waals surface area contributed by atoms with Crippen LogP contribution in [0.4, 0.5) is 0 Å². The maximum absolute atomic E-state index is 12.4. The first kappa shape index (κ1) is 20.1. The van der Waals surface area contributed by atoms with E-state index in [4.69, 9.17) is 0 Å². The number of nitrogens with zero attached hydrogens (tertiary/aromatic N) is 2. The summed E-state index contributed by atoms with van der Waals surface area (Å²) in [5.41, 5.74) is 2.92. The minimum absolute atomic E-state index is 0.0570. The van der Waals surface area contributed by atoms with E-state index in [1.807, 2.05) is 32.9 Å². The Labute approximate surface area is 155 Å². The maximum atomic E-state index is 12.4. The fourth-order valence-corrected chi connectivity index (χ4v) is 3.63. The molecule has 0 aliphatic heterocycles. The van der Waals surface area contributed by atoms with E-state index < -0.39 is 10.0 Å². The fourth-order valence-electron chi connectivity index (χ4n) is 2.51. The number of sulfonamides is 1. The molecule has 7 heteroatoms. The van der Waals surface area contributed by atoms with Gasteiger partial charge in [0, 0.05) is 32.4 Å². The molecule has 1 atom stereocenters. The van der Waals surface area contributed by atoms with Crippen molar-refractivity contribution in [2.75, 3.05) is 13.6 Å². The van der Waals surface area contributed by atoms with Crippen LogP contribution < -0.4 is 4.72 Å². The highest BCUT2D eigenvalue weighted by atomic mass is 32.2. The lowest BCUT2D eigenvalue weighted by Gasteiger charge is -2.25. The van der Waals surface area contributed by atoms with E-state index >= 15 is 0 Å². The lowest BCUT2D eigenvalue weighted by molar-refractivity contribution is -0.131. The molecule has 0 aliphatic carbocycles. The number of benzene rings is 1. The number of aromatic nitrogens is 1. The summed E-state index contributed by atoms with van der Waals surface area (Å²) in [4.78, 5) is 18.1. The van der Waals surface area contributed by atoms with E-state index in [2.05, 4.69) is 9.71 Å².